The van der Waals surface area contributed by atoms with E-state index in [1.54, 1.807) is 11.3 Å². The van der Waals surface area contributed by atoms with Crippen molar-refractivity contribution in [3.63, 3.8) is 0 Å². The van der Waals surface area contributed by atoms with Crippen molar-refractivity contribution in [1.82, 2.24) is 15.6 Å². The van der Waals surface area contributed by atoms with Gasteiger partial charge in [0.2, 0.25) is 0 Å². The van der Waals surface area contributed by atoms with Gasteiger partial charge < -0.3 is 10.6 Å². The second kappa shape index (κ2) is 6.20. The molecule has 0 spiro atoms. The van der Waals surface area contributed by atoms with Crippen LogP contribution in [0, 0.1) is 0 Å². The zero-order chi connectivity index (χ0) is 10.3. The summed E-state index contributed by atoms with van der Waals surface area (Å²) in [5.74, 6) is 0. The van der Waals surface area contributed by atoms with Crippen LogP contribution in [0.4, 0.5) is 0 Å². The zero-order valence-electron chi connectivity index (χ0n) is 9.04. The Morgan fingerprint density at radius 3 is 3.00 bits per heavy atom. The molecule has 0 unspecified atom stereocenters. The lowest BCUT2D eigenvalue weighted by Crippen LogP contribution is -2.24. The Labute approximate surface area is 95.3 Å². The molecule has 1 fully saturated rings. The molecule has 1 aromatic rings. The fourth-order valence-electron chi connectivity index (χ4n) is 1.50. The molecule has 0 atom stereocenters. The molecule has 0 aromatic carbocycles. The Bertz CT molecular complexity index is 257. The van der Waals surface area contributed by atoms with Crippen LogP contribution >= 0.6 is 11.3 Å². The molecule has 1 saturated carbocycles. The van der Waals surface area contributed by atoms with Gasteiger partial charge in [0.15, 0.2) is 0 Å². The minimum atomic E-state index is 0.848. The first-order valence-electron chi connectivity index (χ1n) is 5.77. The maximum absolute atomic E-state index is 4.25. The van der Waals surface area contributed by atoms with E-state index < -0.39 is 0 Å². The average molecular weight is 225 g/mol. The average Bonchev–Trinajstić information content (AvgIpc) is 2.92. The number of nitrogens with zero attached hydrogens (tertiary/aromatic N) is 1. The highest BCUT2D eigenvalue weighted by atomic mass is 32.1. The molecule has 0 saturated heterocycles. The van der Waals surface area contributed by atoms with Crippen molar-refractivity contribution in [3.05, 3.63) is 16.6 Å². The van der Waals surface area contributed by atoms with E-state index in [0.717, 1.165) is 32.1 Å². The summed E-state index contributed by atoms with van der Waals surface area (Å²) in [6.07, 6.45) is 6.94. The van der Waals surface area contributed by atoms with Gasteiger partial charge in [-0.15, -0.1) is 11.3 Å². The van der Waals surface area contributed by atoms with Crippen LogP contribution in [0.1, 0.15) is 24.3 Å². The molecule has 0 radical (unpaired) electrons. The van der Waals surface area contributed by atoms with E-state index >= 15 is 0 Å². The molecule has 0 aliphatic heterocycles. The smallest absolute Gasteiger partial charge is 0.0937 e. The molecular weight excluding hydrogens is 206 g/mol. The quantitative estimate of drug-likeness (QED) is 0.657. The van der Waals surface area contributed by atoms with Crippen molar-refractivity contribution in [1.29, 1.82) is 0 Å². The topological polar surface area (TPSA) is 37.0 Å². The normalized spacial score (nSPS) is 15.7. The Balaban J connectivity index is 1.38. The summed E-state index contributed by atoms with van der Waals surface area (Å²) in [7, 11) is 0. The third-order valence-corrected chi connectivity index (χ3v) is 3.38. The summed E-state index contributed by atoms with van der Waals surface area (Å²) in [5, 5.41) is 10.2. The summed E-state index contributed by atoms with van der Waals surface area (Å²) in [5.41, 5.74) is 0. The van der Waals surface area contributed by atoms with Gasteiger partial charge in [-0.05, 0) is 32.4 Å². The molecule has 15 heavy (non-hydrogen) atoms. The minimum absolute atomic E-state index is 0.848. The molecule has 84 valence electrons. The fourth-order valence-corrected chi connectivity index (χ4v) is 2.12. The fraction of sp³-hybridized carbons (Fsp3) is 0.727. The number of nitrogens with one attached hydrogen (secondary N) is 2. The molecule has 0 amide bonds. The molecule has 1 heterocycles. The zero-order valence-corrected chi connectivity index (χ0v) is 9.85. The standard InChI is InChI=1S/C11H19N3S/c1(6-13-10-2-3-10)5-12-7-4-11-14-8-9-15-11/h8-10,12-13H,1-7H2. The van der Waals surface area contributed by atoms with Crippen molar-refractivity contribution in [3.8, 4) is 0 Å². The van der Waals surface area contributed by atoms with E-state index in [9.17, 15) is 0 Å². The first-order chi connectivity index (χ1) is 7.45. The number of hydrogen-bond donors (Lipinski definition) is 2. The largest absolute Gasteiger partial charge is 0.316 e. The predicted octanol–water partition coefficient (Wildman–Crippen LogP) is 1.42. The SMILES string of the molecule is c1csc(CCNCCCNC2CC2)n1. The van der Waals surface area contributed by atoms with E-state index in [4.69, 9.17) is 0 Å². The maximum Gasteiger partial charge on any atom is 0.0937 e. The molecule has 3 nitrogen and oxygen atoms in total. The van der Waals surface area contributed by atoms with E-state index in [0.29, 0.717) is 0 Å². The van der Waals surface area contributed by atoms with Gasteiger partial charge in [0.25, 0.3) is 0 Å². The second-order valence-corrected chi connectivity index (χ2v) is 4.99. The van der Waals surface area contributed by atoms with Gasteiger partial charge in [0, 0.05) is 30.6 Å². The number of thiazole rings is 1. The van der Waals surface area contributed by atoms with Crippen LogP contribution in [-0.4, -0.2) is 30.7 Å². The molecule has 4 heteroatoms. The van der Waals surface area contributed by atoms with Gasteiger partial charge in [0.05, 0.1) is 5.01 Å². The van der Waals surface area contributed by atoms with E-state index in [-0.39, 0.29) is 0 Å². The van der Waals surface area contributed by atoms with Gasteiger partial charge in [-0.3, -0.25) is 0 Å². The monoisotopic (exact) mass is 225 g/mol. The lowest BCUT2D eigenvalue weighted by Gasteiger charge is -2.04. The Kier molecular flexibility index (Phi) is 4.57. The third kappa shape index (κ3) is 4.73. The summed E-state index contributed by atoms with van der Waals surface area (Å²) < 4.78 is 0. The summed E-state index contributed by atoms with van der Waals surface area (Å²) >= 11 is 1.74. The van der Waals surface area contributed by atoms with Gasteiger partial charge in [-0.2, -0.15) is 0 Å². The Hall–Kier alpha value is -0.450. The number of hydrogen-bond acceptors (Lipinski definition) is 4. The van der Waals surface area contributed by atoms with Crippen molar-refractivity contribution < 1.29 is 0 Å². The van der Waals surface area contributed by atoms with Crippen LogP contribution in [0.15, 0.2) is 11.6 Å². The third-order valence-electron chi connectivity index (χ3n) is 2.54. The first-order valence-corrected chi connectivity index (χ1v) is 6.65. The summed E-state index contributed by atoms with van der Waals surface area (Å²) in [6.45, 7) is 3.33. The Morgan fingerprint density at radius 1 is 1.33 bits per heavy atom. The molecule has 2 N–H and O–H groups in total. The highest BCUT2D eigenvalue weighted by Crippen LogP contribution is 2.18. The van der Waals surface area contributed by atoms with E-state index in [1.807, 2.05) is 11.6 Å². The predicted molar refractivity (Wildman–Crippen MR) is 64.3 cm³/mol. The summed E-state index contributed by atoms with van der Waals surface area (Å²) in [4.78, 5) is 4.25. The van der Waals surface area contributed by atoms with Crippen LogP contribution in [0.25, 0.3) is 0 Å². The lowest BCUT2D eigenvalue weighted by atomic mass is 10.4. The number of aromatic nitrogens is 1. The van der Waals surface area contributed by atoms with E-state index in [1.165, 1.54) is 24.3 Å². The molecule has 0 bridgehead atoms. The molecule has 1 aliphatic carbocycles. The van der Waals surface area contributed by atoms with Crippen LogP contribution < -0.4 is 10.6 Å². The van der Waals surface area contributed by atoms with Gasteiger partial charge in [0.1, 0.15) is 0 Å². The van der Waals surface area contributed by atoms with Gasteiger partial charge in [-0.1, -0.05) is 0 Å². The second-order valence-electron chi connectivity index (χ2n) is 4.01. The van der Waals surface area contributed by atoms with Crippen LogP contribution in [0.3, 0.4) is 0 Å². The highest BCUT2D eigenvalue weighted by molar-refractivity contribution is 7.09. The van der Waals surface area contributed by atoms with E-state index in [2.05, 4.69) is 15.6 Å². The maximum atomic E-state index is 4.25. The first kappa shape index (κ1) is 11.0. The Morgan fingerprint density at radius 2 is 2.27 bits per heavy atom. The minimum Gasteiger partial charge on any atom is -0.316 e. The van der Waals surface area contributed by atoms with Crippen molar-refractivity contribution >= 4 is 11.3 Å². The highest BCUT2D eigenvalue weighted by Gasteiger charge is 2.19. The lowest BCUT2D eigenvalue weighted by molar-refractivity contribution is 0.593. The van der Waals surface area contributed by atoms with Crippen LogP contribution in [0.2, 0.25) is 0 Å². The number of rotatable bonds is 8. The molecule has 1 aliphatic rings. The molecule has 1 aromatic heterocycles. The van der Waals surface area contributed by atoms with Crippen molar-refractivity contribution in [2.45, 2.75) is 31.7 Å². The van der Waals surface area contributed by atoms with Crippen molar-refractivity contribution in [2.24, 2.45) is 0 Å². The summed E-state index contributed by atoms with van der Waals surface area (Å²) in [6, 6.07) is 0.848. The van der Waals surface area contributed by atoms with Gasteiger partial charge in [-0.25, -0.2) is 4.98 Å². The van der Waals surface area contributed by atoms with Crippen LogP contribution in [0.5, 0.6) is 0 Å². The van der Waals surface area contributed by atoms with Gasteiger partial charge >= 0.3 is 0 Å². The molecule has 2 rings (SSSR count). The molecular formula is C11H19N3S. The van der Waals surface area contributed by atoms with Crippen molar-refractivity contribution in [2.75, 3.05) is 19.6 Å². The van der Waals surface area contributed by atoms with Crippen LogP contribution in [-0.2, 0) is 6.42 Å².